The van der Waals surface area contributed by atoms with E-state index >= 15 is 0 Å². The maximum atomic E-state index is 13.0. The average molecular weight is 436 g/mol. The number of non-ortho nitro benzene ring substituents is 1. The highest BCUT2D eigenvalue weighted by Crippen LogP contribution is 2.23. The van der Waals surface area contributed by atoms with E-state index < -0.39 is 4.92 Å². The van der Waals surface area contributed by atoms with Gasteiger partial charge in [0.15, 0.2) is 4.80 Å². The third-order valence-electron chi connectivity index (χ3n) is 3.94. The SMILES string of the molecule is CCOCCn1c(=NC(=O)CSc2ccc(F)cc2)sc2ccc([N+](=O)[O-])cc21. The smallest absolute Gasteiger partial charge is 0.271 e. The molecule has 0 aliphatic heterocycles. The van der Waals surface area contributed by atoms with Crippen LogP contribution in [0.2, 0.25) is 0 Å². The Balaban J connectivity index is 1.88. The molecule has 1 amide bonds. The van der Waals surface area contributed by atoms with Gasteiger partial charge >= 0.3 is 0 Å². The first-order valence-corrected chi connectivity index (χ1v) is 10.6. The number of rotatable bonds is 8. The third kappa shape index (κ3) is 5.49. The summed E-state index contributed by atoms with van der Waals surface area (Å²) < 4.78 is 20.9. The number of halogens is 1. The predicted octanol–water partition coefficient (Wildman–Crippen LogP) is 4.01. The molecule has 0 spiro atoms. The summed E-state index contributed by atoms with van der Waals surface area (Å²) in [6.45, 7) is 3.24. The van der Waals surface area contributed by atoms with Gasteiger partial charge < -0.3 is 9.30 Å². The normalized spacial score (nSPS) is 11.9. The summed E-state index contributed by atoms with van der Waals surface area (Å²) >= 11 is 2.56. The Kier molecular flexibility index (Phi) is 7.13. The van der Waals surface area contributed by atoms with Crippen molar-refractivity contribution in [1.82, 2.24) is 4.57 Å². The number of thioether (sulfide) groups is 1. The molecular weight excluding hydrogens is 417 g/mol. The number of aromatic nitrogens is 1. The fourth-order valence-electron chi connectivity index (χ4n) is 2.59. The zero-order valence-electron chi connectivity index (χ0n) is 15.5. The number of carbonyl (C=O) groups excluding carboxylic acids is 1. The minimum absolute atomic E-state index is 0.0230. The van der Waals surface area contributed by atoms with Crippen LogP contribution in [0.4, 0.5) is 10.1 Å². The van der Waals surface area contributed by atoms with Gasteiger partial charge in [-0.05, 0) is 37.3 Å². The molecule has 2 aromatic carbocycles. The van der Waals surface area contributed by atoms with E-state index in [4.69, 9.17) is 4.74 Å². The number of fused-ring (bicyclic) bond motifs is 1. The molecule has 29 heavy (non-hydrogen) atoms. The second-order valence-corrected chi connectivity index (χ2v) is 7.95. The van der Waals surface area contributed by atoms with Crippen LogP contribution in [-0.2, 0) is 16.1 Å². The quantitative estimate of drug-likeness (QED) is 0.231. The van der Waals surface area contributed by atoms with Gasteiger partial charge in [-0.3, -0.25) is 14.9 Å². The summed E-state index contributed by atoms with van der Waals surface area (Å²) in [4.78, 5) is 28.5. The molecule has 0 aliphatic rings. The molecule has 0 bridgehead atoms. The van der Waals surface area contributed by atoms with Crippen LogP contribution < -0.4 is 4.80 Å². The topological polar surface area (TPSA) is 86.7 Å². The summed E-state index contributed by atoms with van der Waals surface area (Å²) in [6, 6.07) is 10.5. The van der Waals surface area contributed by atoms with E-state index in [0.717, 1.165) is 9.60 Å². The van der Waals surface area contributed by atoms with Gasteiger partial charge in [-0.2, -0.15) is 4.99 Å². The molecule has 0 unspecified atom stereocenters. The highest BCUT2D eigenvalue weighted by molar-refractivity contribution is 8.00. The number of carbonyl (C=O) groups is 1. The lowest BCUT2D eigenvalue weighted by atomic mass is 10.3. The second kappa shape index (κ2) is 9.77. The number of amides is 1. The van der Waals surface area contributed by atoms with Crippen molar-refractivity contribution >= 4 is 44.9 Å². The van der Waals surface area contributed by atoms with Crippen molar-refractivity contribution in [2.75, 3.05) is 19.0 Å². The Morgan fingerprint density at radius 2 is 2.07 bits per heavy atom. The number of thiazole rings is 1. The number of nitro benzene ring substituents is 1. The number of nitro groups is 1. The molecule has 0 atom stereocenters. The van der Waals surface area contributed by atoms with E-state index in [0.29, 0.717) is 30.1 Å². The average Bonchev–Trinajstić information content (AvgIpc) is 3.04. The van der Waals surface area contributed by atoms with Crippen molar-refractivity contribution < 1.29 is 18.8 Å². The number of benzene rings is 2. The van der Waals surface area contributed by atoms with Crippen LogP contribution in [0, 0.1) is 15.9 Å². The highest BCUT2D eigenvalue weighted by atomic mass is 32.2. The van der Waals surface area contributed by atoms with E-state index in [-0.39, 0.29) is 23.2 Å². The van der Waals surface area contributed by atoms with Crippen LogP contribution in [0.15, 0.2) is 52.4 Å². The zero-order chi connectivity index (χ0) is 20.8. The summed E-state index contributed by atoms with van der Waals surface area (Å²) in [7, 11) is 0. The molecule has 0 fully saturated rings. The molecule has 10 heteroatoms. The lowest BCUT2D eigenvalue weighted by Gasteiger charge is -2.05. The molecule has 3 rings (SSSR count). The van der Waals surface area contributed by atoms with E-state index in [1.807, 2.05) is 6.92 Å². The standard InChI is InChI=1S/C19H18FN3O4S2/c1-2-27-10-9-22-16-11-14(23(25)26)5-8-17(16)29-19(22)21-18(24)12-28-15-6-3-13(20)4-7-15/h3-8,11H,2,9-10,12H2,1H3. The van der Waals surface area contributed by atoms with Gasteiger partial charge in [0, 0.05) is 30.2 Å². The van der Waals surface area contributed by atoms with Gasteiger partial charge in [0.25, 0.3) is 11.6 Å². The zero-order valence-corrected chi connectivity index (χ0v) is 17.2. The molecule has 0 saturated carbocycles. The maximum Gasteiger partial charge on any atom is 0.271 e. The first-order chi connectivity index (χ1) is 14.0. The third-order valence-corrected chi connectivity index (χ3v) is 5.99. The van der Waals surface area contributed by atoms with Gasteiger partial charge in [-0.15, -0.1) is 11.8 Å². The van der Waals surface area contributed by atoms with E-state index in [1.165, 1.54) is 47.4 Å². The van der Waals surface area contributed by atoms with Crippen LogP contribution in [0.25, 0.3) is 10.2 Å². The Morgan fingerprint density at radius 3 is 2.76 bits per heavy atom. The lowest BCUT2D eigenvalue weighted by Crippen LogP contribution is -2.20. The molecule has 0 aliphatic carbocycles. The lowest BCUT2D eigenvalue weighted by molar-refractivity contribution is -0.384. The molecular formula is C19H18FN3O4S2. The first kappa shape index (κ1) is 21.2. The summed E-state index contributed by atoms with van der Waals surface area (Å²) in [5.74, 6) is -0.573. The number of hydrogen-bond donors (Lipinski definition) is 0. The summed E-state index contributed by atoms with van der Waals surface area (Å²) in [6.07, 6.45) is 0. The van der Waals surface area contributed by atoms with Gasteiger partial charge in [-0.1, -0.05) is 11.3 Å². The fourth-order valence-corrected chi connectivity index (χ4v) is 4.32. The molecule has 3 aromatic rings. The molecule has 0 radical (unpaired) electrons. The van der Waals surface area contributed by atoms with Crippen molar-refractivity contribution in [2.24, 2.45) is 4.99 Å². The summed E-state index contributed by atoms with van der Waals surface area (Å²) in [5, 5.41) is 11.1. The van der Waals surface area contributed by atoms with Crippen LogP contribution in [0.5, 0.6) is 0 Å². The minimum Gasteiger partial charge on any atom is -0.380 e. The highest BCUT2D eigenvalue weighted by Gasteiger charge is 2.13. The van der Waals surface area contributed by atoms with E-state index in [1.54, 1.807) is 22.8 Å². The second-order valence-electron chi connectivity index (χ2n) is 5.89. The fraction of sp³-hybridized carbons (Fsp3) is 0.263. The molecule has 0 saturated heterocycles. The number of nitrogens with zero attached hydrogens (tertiary/aromatic N) is 3. The van der Waals surface area contributed by atoms with Crippen LogP contribution in [0.1, 0.15) is 6.92 Å². The van der Waals surface area contributed by atoms with Crippen molar-refractivity contribution in [3.05, 3.63) is 63.2 Å². The van der Waals surface area contributed by atoms with Crippen molar-refractivity contribution in [1.29, 1.82) is 0 Å². The van der Waals surface area contributed by atoms with Crippen LogP contribution in [-0.4, -0.2) is 34.4 Å². The van der Waals surface area contributed by atoms with Crippen molar-refractivity contribution in [3.8, 4) is 0 Å². The van der Waals surface area contributed by atoms with Gasteiger partial charge in [0.2, 0.25) is 0 Å². The van der Waals surface area contributed by atoms with Gasteiger partial charge in [0.05, 0.1) is 27.5 Å². The minimum atomic E-state index is -0.453. The maximum absolute atomic E-state index is 13.0. The first-order valence-electron chi connectivity index (χ1n) is 8.79. The summed E-state index contributed by atoms with van der Waals surface area (Å²) in [5.41, 5.74) is 0.617. The number of ether oxygens (including phenoxy) is 1. The van der Waals surface area contributed by atoms with Crippen molar-refractivity contribution in [2.45, 2.75) is 18.4 Å². The molecule has 152 valence electrons. The Morgan fingerprint density at radius 1 is 1.31 bits per heavy atom. The van der Waals surface area contributed by atoms with Gasteiger partial charge in [0.1, 0.15) is 5.82 Å². The predicted molar refractivity (Wildman–Crippen MR) is 111 cm³/mol. The molecule has 0 N–H and O–H groups in total. The van der Waals surface area contributed by atoms with Crippen LogP contribution in [0.3, 0.4) is 0 Å². The Hall–Kier alpha value is -2.56. The van der Waals surface area contributed by atoms with Gasteiger partial charge in [-0.25, -0.2) is 4.39 Å². The molecule has 7 nitrogen and oxygen atoms in total. The van der Waals surface area contributed by atoms with E-state index in [2.05, 4.69) is 4.99 Å². The van der Waals surface area contributed by atoms with Crippen molar-refractivity contribution in [3.63, 3.8) is 0 Å². The van der Waals surface area contributed by atoms with E-state index in [9.17, 15) is 19.3 Å². The Labute approximate surface area is 174 Å². The number of hydrogen-bond acceptors (Lipinski definition) is 6. The molecule has 1 heterocycles. The Bertz CT molecular complexity index is 1090. The molecule has 1 aromatic heterocycles. The monoisotopic (exact) mass is 435 g/mol. The largest absolute Gasteiger partial charge is 0.380 e. The van der Waals surface area contributed by atoms with Crippen LogP contribution >= 0.6 is 23.1 Å².